The Morgan fingerprint density at radius 2 is 1.91 bits per heavy atom. The maximum atomic E-state index is 12.4. The topological polar surface area (TPSA) is 58.1 Å². The number of benzene rings is 1. The van der Waals surface area contributed by atoms with Gasteiger partial charge < -0.3 is 10.2 Å². The molecule has 22 heavy (non-hydrogen) atoms. The molecule has 5 nitrogen and oxygen atoms in total. The number of rotatable bonds is 3. The molecule has 3 rings (SSSR count). The molecule has 0 spiro atoms. The van der Waals surface area contributed by atoms with Gasteiger partial charge in [0.25, 0.3) is 5.91 Å². The summed E-state index contributed by atoms with van der Waals surface area (Å²) >= 11 is 0. The lowest BCUT2D eigenvalue weighted by Crippen LogP contribution is -2.20. The SMILES string of the molecule is Cc1ccc(C(=O)Nc2cc(N3CCCC3)ncn2)c(C)c1. The van der Waals surface area contributed by atoms with Crippen LogP contribution in [0.1, 0.15) is 34.3 Å². The van der Waals surface area contributed by atoms with E-state index in [1.807, 2.05) is 38.1 Å². The first-order valence-corrected chi connectivity index (χ1v) is 7.59. The Bertz CT molecular complexity index is 693. The van der Waals surface area contributed by atoms with Crippen LogP contribution in [-0.4, -0.2) is 29.0 Å². The first kappa shape index (κ1) is 14.5. The molecule has 1 fully saturated rings. The Morgan fingerprint density at radius 3 is 2.64 bits per heavy atom. The molecule has 1 amide bonds. The van der Waals surface area contributed by atoms with E-state index in [0.717, 1.165) is 30.0 Å². The molecule has 0 saturated carbocycles. The van der Waals surface area contributed by atoms with Gasteiger partial charge in [0.05, 0.1) is 0 Å². The van der Waals surface area contributed by atoms with Gasteiger partial charge in [0.2, 0.25) is 0 Å². The number of carbonyl (C=O) groups is 1. The summed E-state index contributed by atoms with van der Waals surface area (Å²) in [6.45, 7) is 5.99. The van der Waals surface area contributed by atoms with Gasteiger partial charge in [0.15, 0.2) is 0 Å². The zero-order chi connectivity index (χ0) is 15.5. The van der Waals surface area contributed by atoms with Gasteiger partial charge in [-0.2, -0.15) is 0 Å². The van der Waals surface area contributed by atoms with Gasteiger partial charge in [-0.25, -0.2) is 9.97 Å². The summed E-state index contributed by atoms with van der Waals surface area (Å²) in [4.78, 5) is 23.1. The van der Waals surface area contributed by atoms with Crippen molar-refractivity contribution < 1.29 is 4.79 Å². The molecule has 2 heterocycles. The number of hydrogen-bond acceptors (Lipinski definition) is 4. The number of nitrogens with zero attached hydrogens (tertiary/aromatic N) is 3. The Balaban J connectivity index is 1.77. The fraction of sp³-hybridized carbons (Fsp3) is 0.353. The standard InChI is InChI=1S/C17H20N4O/c1-12-5-6-14(13(2)9-12)17(22)20-15-10-16(19-11-18-15)21-7-3-4-8-21/h5-6,9-11H,3-4,7-8H2,1-2H3,(H,18,19,20,22). The third-order valence-electron chi connectivity index (χ3n) is 3.95. The van der Waals surface area contributed by atoms with Gasteiger partial charge in [-0.1, -0.05) is 17.7 Å². The minimum Gasteiger partial charge on any atom is -0.356 e. The van der Waals surface area contributed by atoms with Crippen molar-refractivity contribution in [3.63, 3.8) is 0 Å². The van der Waals surface area contributed by atoms with Crippen LogP contribution in [0, 0.1) is 13.8 Å². The van der Waals surface area contributed by atoms with Crippen molar-refractivity contribution in [3.05, 3.63) is 47.3 Å². The molecule has 0 atom stereocenters. The van der Waals surface area contributed by atoms with Crippen molar-refractivity contribution in [2.24, 2.45) is 0 Å². The van der Waals surface area contributed by atoms with Crippen molar-refractivity contribution in [1.29, 1.82) is 0 Å². The highest BCUT2D eigenvalue weighted by atomic mass is 16.1. The monoisotopic (exact) mass is 296 g/mol. The number of aromatic nitrogens is 2. The zero-order valence-corrected chi connectivity index (χ0v) is 13.0. The number of aryl methyl sites for hydroxylation is 2. The molecule has 2 aromatic rings. The van der Waals surface area contributed by atoms with Crippen LogP contribution >= 0.6 is 0 Å². The second kappa shape index (κ2) is 6.13. The van der Waals surface area contributed by atoms with Crippen LogP contribution in [0.5, 0.6) is 0 Å². The van der Waals surface area contributed by atoms with E-state index in [0.29, 0.717) is 11.4 Å². The summed E-state index contributed by atoms with van der Waals surface area (Å²) in [6, 6.07) is 7.64. The summed E-state index contributed by atoms with van der Waals surface area (Å²) < 4.78 is 0. The highest BCUT2D eigenvalue weighted by Crippen LogP contribution is 2.20. The summed E-state index contributed by atoms with van der Waals surface area (Å²) in [7, 11) is 0. The second-order valence-electron chi connectivity index (χ2n) is 5.73. The molecule has 1 aliphatic rings. The predicted octanol–water partition coefficient (Wildman–Crippen LogP) is 2.95. The molecule has 5 heteroatoms. The predicted molar refractivity (Wildman–Crippen MR) is 87.3 cm³/mol. The Kier molecular flexibility index (Phi) is 4.04. The zero-order valence-electron chi connectivity index (χ0n) is 13.0. The van der Waals surface area contributed by atoms with Crippen molar-refractivity contribution in [3.8, 4) is 0 Å². The lowest BCUT2D eigenvalue weighted by Gasteiger charge is -2.16. The fourth-order valence-electron chi connectivity index (χ4n) is 2.79. The molecule has 0 unspecified atom stereocenters. The molecule has 1 saturated heterocycles. The van der Waals surface area contributed by atoms with Crippen LogP contribution in [-0.2, 0) is 0 Å². The Labute approximate surface area is 130 Å². The highest BCUT2D eigenvalue weighted by Gasteiger charge is 2.15. The quantitative estimate of drug-likeness (QED) is 0.946. The summed E-state index contributed by atoms with van der Waals surface area (Å²) in [5, 5.41) is 2.87. The van der Waals surface area contributed by atoms with E-state index in [9.17, 15) is 4.79 Å². The molecule has 1 aromatic carbocycles. The second-order valence-corrected chi connectivity index (χ2v) is 5.73. The maximum absolute atomic E-state index is 12.4. The first-order chi connectivity index (χ1) is 10.6. The summed E-state index contributed by atoms with van der Waals surface area (Å²) in [6.07, 6.45) is 3.88. The van der Waals surface area contributed by atoms with Crippen LogP contribution in [0.15, 0.2) is 30.6 Å². The molecule has 0 aliphatic carbocycles. The van der Waals surface area contributed by atoms with Crippen LogP contribution in [0.25, 0.3) is 0 Å². The summed E-state index contributed by atoms with van der Waals surface area (Å²) in [5.74, 6) is 1.29. The van der Waals surface area contributed by atoms with Gasteiger partial charge in [-0.15, -0.1) is 0 Å². The highest BCUT2D eigenvalue weighted by molar-refractivity contribution is 6.04. The molecule has 0 bridgehead atoms. The van der Waals surface area contributed by atoms with E-state index in [1.165, 1.54) is 19.2 Å². The average Bonchev–Trinajstić information content (AvgIpc) is 3.01. The van der Waals surface area contributed by atoms with E-state index in [1.54, 1.807) is 0 Å². The normalized spacial score (nSPS) is 14.2. The maximum Gasteiger partial charge on any atom is 0.257 e. The van der Waals surface area contributed by atoms with Crippen molar-refractivity contribution in [2.45, 2.75) is 26.7 Å². The Hall–Kier alpha value is -2.43. The van der Waals surface area contributed by atoms with Gasteiger partial charge in [0.1, 0.15) is 18.0 Å². The third kappa shape index (κ3) is 3.08. The lowest BCUT2D eigenvalue weighted by atomic mass is 10.1. The molecular formula is C17H20N4O. The van der Waals surface area contributed by atoms with Gasteiger partial charge in [-0.05, 0) is 38.3 Å². The first-order valence-electron chi connectivity index (χ1n) is 7.59. The fourth-order valence-corrected chi connectivity index (χ4v) is 2.79. The average molecular weight is 296 g/mol. The number of amides is 1. The van der Waals surface area contributed by atoms with E-state index in [2.05, 4.69) is 20.2 Å². The number of nitrogens with one attached hydrogen (secondary N) is 1. The van der Waals surface area contributed by atoms with E-state index < -0.39 is 0 Å². The molecule has 1 aliphatic heterocycles. The van der Waals surface area contributed by atoms with Crippen molar-refractivity contribution in [1.82, 2.24) is 9.97 Å². The number of hydrogen-bond donors (Lipinski definition) is 1. The minimum atomic E-state index is -0.136. The molecule has 1 N–H and O–H groups in total. The lowest BCUT2D eigenvalue weighted by molar-refractivity contribution is 0.102. The third-order valence-corrected chi connectivity index (χ3v) is 3.95. The largest absolute Gasteiger partial charge is 0.356 e. The minimum absolute atomic E-state index is 0.136. The van der Waals surface area contributed by atoms with E-state index in [-0.39, 0.29) is 5.91 Å². The van der Waals surface area contributed by atoms with Gasteiger partial charge >= 0.3 is 0 Å². The molecular weight excluding hydrogens is 276 g/mol. The van der Waals surface area contributed by atoms with Crippen LogP contribution < -0.4 is 10.2 Å². The van der Waals surface area contributed by atoms with Crippen molar-refractivity contribution >= 4 is 17.5 Å². The van der Waals surface area contributed by atoms with Gasteiger partial charge in [0, 0.05) is 24.7 Å². The van der Waals surface area contributed by atoms with Crippen molar-refractivity contribution in [2.75, 3.05) is 23.3 Å². The van der Waals surface area contributed by atoms with E-state index in [4.69, 9.17) is 0 Å². The Morgan fingerprint density at radius 1 is 1.14 bits per heavy atom. The molecule has 0 radical (unpaired) electrons. The molecule has 114 valence electrons. The van der Waals surface area contributed by atoms with Crippen LogP contribution in [0.3, 0.4) is 0 Å². The summed E-state index contributed by atoms with van der Waals surface area (Å²) in [5.41, 5.74) is 2.78. The van der Waals surface area contributed by atoms with E-state index >= 15 is 0 Å². The molecule has 1 aromatic heterocycles. The number of anilines is 2. The van der Waals surface area contributed by atoms with Crippen LogP contribution in [0.4, 0.5) is 11.6 Å². The van der Waals surface area contributed by atoms with Gasteiger partial charge in [-0.3, -0.25) is 4.79 Å². The van der Waals surface area contributed by atoms with Crippen LogP contribution in [0.2, 0.25) is 0 Å². The number of carbonyl (C=O) groups excluding carboxylic acids is 1. The smallest absolute Gasteiger partial charge is 0.257 e.